The van der Waals surface area contributed by atoms with E-state index in [-0.39, 0.29) is 37.0 Å². The lowest BCUT2D eigenvalue weighted by atomic mass is 10.1. The van der Waals surface area contributed by atoms with Crippen molar-refractivity contribution in [1.82, 2.24) is 10.2 Å². The third-order valence-corrected chi connectivity index (χ3v) is 4.59. The van der Waals surface area contributed by atoms with Crippen molar-refractivity contribution >= 4 is 17.6 Å². The van der Waals surface area contributed by atoms with Crippen molar-refractivity contribution in [2.75, 3.05) is 32.8 Å². The van der Waals surface area contributed by atoms with Gasteiger partial charge in [-0.05, 0) is 37.5 Å². The first-order valence-electron chi connectivity index (χ1n) is 9.11. The fraction of sp³-hybridized carbons (Fsp3) is 0.526. The van der Waals surface area contributed by atoms with Gasteiger partial charge >= 0.3 is 0 Å². The lowest BCUT2D eigenvalue weighted by Crippen LogP contribution is -2.42. The molecular weight excluding hydrogens is 336 g/mol. The van der Waals surface area contributed by atoms with E-state index >= 15 is 0 Å². The molecule has 0 aromatic heterocycles. The molecule has 1 N–H and O–H groups in total. The highest BCUT2D eigenvalue weighted by Crippen LogP contribution is 2.31. The van der Waals surface area contributed by atoms with Crippen LogP contribution >= 0.6 is 0 Å². The van der Waals surface area contributed by atoms with Crippen molar-refractivity contribution in [2.45, 2.75) is 32.1 Å². The van der Waals surface area contributed by atoms with Gasteiger partial charge in [-0.25, -0.2) is 0 Å². The second-order valence-corrected chi connectivity index (χ2v) is 6.50. The van der Waals surface area contributed by atoms with E-state index < -0.39 is 0 Å². The molecule has 0 saturated carbocycles. The Morgan fingerprint density at radius 3 is 2.46 bits per heavy atom. The maximum absolute atomic E-state index is 12.3. The summed E-state index contributed by atoms with van der Waals surface area (Å²) in [4.78, 5) is 38.0. The van der Waals surface area contributed by atoms with Gasteiger partial charge < -0.3 is 19.7 Å². The second-order valence-electron chi connectivity index (χ2n) is 6.50. The maximum atomic E-state index is 12.3. The van der Waals surface area contributed by atoms with Crippen LogP contribution in [0.3, 0.4) is 0 Å². The monoisotopic (exact) mass is 360 g/mol. The van der Waals surface area contributed by atoms with Crippen LogP contribution in [0.15, 0.2) is 18.2 Å². The van der Waals surface area contributed by atoms with E-state index in [1.807, 2.05) is 0 Å². The summed E-state index contributed by atoms with van der Waals surface area (Å²) in [5, 5.41) is 2.61. The van der Waals surface area contributed by atoms with E-state index in [1.165, 1.54) is 0 Å². The van der Waals surface area contributed by atoms with Crippen LogP contribution in [0.4, 0.5) is 0 Å². The fourth-order valence-corrected chi connectivity index (χ4v) is 3.11. The van der Waals surface area contributed by atoms with E-state index in [2.05, 4.69) is 5.32 Å². The first-order valence-corrected chi connectivity index (χ1v) is 9.11. The summed E-state index contributed by atoms with van der Waals surface area (Å²) < 4.78 is 10.9. The molecule has 1 aromatic carbocycles. The molecule has 26 heavy (non-hydrogen) atoms. The molecule has 0 atom stereocenters. The number of hydrogen-bond acceptors (Lipinski definition) is 5. The number of hydrogen-bond donors (Lipinski definition) is 1. The number of carbonyl (C=O) groups is 3. The van der Waals surface area contributed by atoms with E-state index in [4.69, 9.17) is 9.47 Å². The van der Waals surface area contributed by atoms with Gasteiger partial charge in [-0.1, -0.05) is 0 Å². The van der Waals surface area contributed by atoms with Crippen LogP contribution in [0.25, 0.3) is 0 Å². The Labute approximate surface area is 152 Å². The fourth-order valence-electron chi connectivity index (χ4n) is 3.11. The summed E-state index contributed by atoms with van der Waals surface area (Å²) in [6, 6.07) is 5.03. The Morgan fingerprint density at radius 1 is 0.962 bits per heavy atom. The standard InChI is InChI=1S/C19H24N2O5/c22-15(14-4-6-16-17(12-14)26-11-10-25-16)5-7-18(23)20-13-19(24)21-8-2-1-3-9-21/h4,6,12H,1-3,5,7-11,13H2,(H,20,23). The minimum atomic E-state index is -0.291. The normalized spacial score (nSPS) is 16.1. The number of nitrogens with zero attached hydrogens (tertiary/aromatic N) is 1. The summed E-state index contributed by atoms with van der Waals surface area (Å²) >= 11 is 0. The van der Waals surface area contributed by atoms with E-state index in [0.29, 0.717) is 30.3 Å². The van der Waals surface area contributed by atoms with Crippen LogP contribution in [0.2, 0.25) is 0 Å². The Bertz CT molecular complexity index is 683. The lowest BCUT2D eigenvalue weighted by molar-refractivity contribution is -0.133. The largest absolute Gasteiger partial charge is 0.486 e. The van der Waals surface area contributed by atoms with Gasteiger partial charge in [0.1, 0.15) is 13.2 Å². The number of ketones is 1. The van der Waals surface area contributed by atoms with E-state index in [9.17, 15) is 14.4 Å². The average Bonchev–Trinajstić information content (AvgIpc) is 2.70. The zero-order chi connectivity index (χ0) is 18.4. The number of benzene rings is 1. The van der Waals surface area contributed by atoms with Crippen LogP contribution in [-0.4, -0.2) is 55.3 Å². The smallest absolute Gasteiger partial charge is 0.241 e. The highest BCUT2D eigenvalue weighted by atomic mass is 16.6. The van der Waals surface area contributed by atoms with Crippen LogP contribution in [-0.2, 0) is 9.59 Å². The van der Waals surface area contributed by atoms with Gasteiger partial charge in [-0.15, -0.1) is 0 Å². The zero-order valence-corrected chi connectivity index (χ0v) is 14.8. The average molecular weight is 360 g/mol. The first-order chi connectivity index (χ1) is 12.6. The Morgan fingerprint density at radius 2 is 1.69 bits per heavy atom. The Kier molecular flexibility index (Phi) is 6.09. The SMILES string of the molecule is O=C(CCC(=O)c1ccc2c(c1)OCCO2)NCC(=O)N1CCCCC1. The molecule has 0 aliphatic carbocycles. The molecule has 1 saturated heterocycles. The Hall–Kier alpha value is -2.57. The highest BCUT2D eigenvalue weighted by molar-refractivity contribution is 5.98. The molecule has 1 fully saturated rings. The van der Waals surface area contributed by atoms with Crippen molar-refractivity contribution < 1.29 is 23.9 Å². The van der Waals surface area contributed by atoms with Crippen LogP contribution < -0.4 is 14.8 Å². The molecule has 2 aliphatic rings. The number of amides is 2. The summed E-state index contributed by atoms with van der Waals surface area (Å²) in [6.07, 6.45) is 3.33. The third kappa shape index (κ3) is 4.74. The van der Waals surface area contributed by atoms with Gasteiger partial charge in [0.2, 0.25) is 11.8 Å². The number of fused-ring (bicyclic) bond motifs is 1. The molecule has 7 nitrogen and oxygen atoms in total. The van der Waals surface area contributed by atoms with Gasteiger partial charge in [0.05, 0.1) is 6.54 Å². The molecule has 0 unspecified atom stereocenters. The van der Waals surface area contributed by atoms with Gasteiger partial charge in [0, 0.05) is 31.5 Å². The summed E-state index contributed by atoms with van der Waals surface area (Å²) in [7, 11) is 0. The molecule has 140 valence electrons. The topological polar surface area (TPSA) is 84.9 Å². The molecule has 2 heterocycles. The molecule has 1 aromatic rings. The number of ether oxygens (including phenoxy) is 2. The van der Waals surface area contributed by atoms with Crippen molar-refractivity contribution in [3.63, 3.8) is 0 Å². The van der Waals surface area contributed by atoms with Crippen molar-refractivity contribution in [2.24, 2.45) is 0 Å². The molecule has 3 rings (SSSR count). The van der Waals surface area contributed by atoms with Gasteiger partial charge in [0.15, 0.2) is 17.3 Å². The number of rotatable bonds is 6. The summed E-state index contributed by atoms with van der Waals surface area (Å²) in [5.74, 6) is 0.692. The van der Waals surface area contributed by atoms with E-state index in [0.717, 1.165) is 32.4 Å². The molecule has 0 radical (unpaired) electrons. The van der Waals surface area contributed by atoms with Gasteiger partial charge in [-0.3, -0.25) is 14.4 Å². The van der Waals surface area contributed by atoms with Crippen LogP contribution in [0, 0.1) is 0 Å². The van der Waals surface area contributed by atoms with Crippen molar-refractivity contribution in [1.29, 1.82) is 0 Å². The highest BCUT2D eigenvalue weighted by Gasteiger charge is 2.18. The molecular formula is C19H24N2O5. The minimum Gasteiger partial charge on any atom is -0.486 e. The van der Waals surface area contributed by atoms with Crippen molar-refractivity contribution in [3.8, 4) is 11.5 Å². The second kappa shape index (κ2) is 8.69. The van der Waals surface area contributed by atoms with Gasteiger partial charge in [-0.2, -0.15) is 0 Å². The van der Waals surface area contributed by atoms with Gasteiger partial charge in [0.25, 0.3) is 0 Å². The first kappa shape index (κ1) is 18.2. The quantitative estimate of drug-likeness (QED) is 0.778. The number of Topliss-reactive ketones (excluding diaryl/α,β-unsaturated/α-hetero) is 1. The zero-order valence-electron chi connectivity index (χ0n) is 14.8. The molecule has 0 spiro atoms. The Balaban J connectivity index is 1.42. The number of piperidine rings is 1. The minimum absolute atomic E-state index is 0.00293. The van der Waals surface area contributed by atoms with Crippen LogP contribution in [0.1, 0.15) is 42.5 Å². The number of nitrogens with one attached hydrogen (secondary N) is 1. The maximum Gasteiger partial charge on any atom is 0.241 e. The lowest BCUT2D eigenvalue weighted by Gasteiger charge is -2.26. The summed E-state index contributed by atoms with van der Waals surface area (Å²) in [6.45, 7) is 2.47. The van der Waals surface area contributed by atoms with Crippen LogP contribution in [0.5, 0.6) is 11.5 Å². The predicted octanol–water partition coefficient (Wildman–Crippen LogP) is 1.55. The third-order valence-electron chi connectivity index (χ3n) is 4.59. The number of likely N-dealkylation sites (tertiary alicyclic amines) is 1. The van der Waals surface area contributed by atoms with Crippen molar-refractivity contribution in [3.05, 3.63) is 23.8 Å². The summed E-state index contributed by atoms with van der Waals surface area (Å²) in [5.41, 5.74) is 0.492. The molecule has 7 heteroatoms. The molecule has 2 aliphatic heterocycles. The number of carbonyl (C=O) groups excluding carboxylic acids is 3. The molecule has 2 amide bonds. The predicted molar refractivity (Wildman–Crippen MR) is 94.4 cm³/mol. The molecule has 0 bridgehead atoms. The van der Waals surface area contributed by atoms with E-state index in [1.54, 1.807) is 23.1 Å².